The molecule has 2 N–H and O–H groups in total. The van der Waals surface area contributed by atoms with Crippen LogP contribution in [0.3, 0.4) is 0 Å². The van der Waals surface area contributed by atoms with Crippen LogP contribution in [-0.2, 0) is 19.4 Å². The average molecular weight is 323 g/mol. The first-order chi connectivity index (χ1) is 9.21. The van der Waals surface area contributed by atoms with Crippen LogP contribution in [0.1, 0.15) is 20.3 Å². The highest BCUT2D eigenvalue weighted by Crippen LogP contribution is 2.24. The maximum Gasteiger partial charge on any atom is 0.308 e. The van der Waals surface area contributed by atoms with Gasteiger partial charge in [0.2, 0.25) is 5.91 Å². The number of thioether (sulfide) groups is 1. The second kappa shape index (κ2) is 7.31. The summed E-state index contributed by atoms with van der Waals surface area (Å²) in [5.74, 6) is -1.32. The molecule has 1 amide bonds. The van der Waals surface area contributed by atoms with Crippen molar-refractivity contribution in [2.24, 2.45) is 11.8 Å². The molecule has 0 bridgehead atoms. The average Bonchev–Trinajstić information content (AvgIpc) is 2.65. The Morgan fingerprint density at radius 3 is 2.50 bits per heavy atom. The van der Waals surface area contributed by atoms with E-state index in [9.17, 15) is 18.0 Å². The standard InChI is InChI=1S/C12H21NO5S2/c1-8(2)10(12(15)16)5-13-11(14)6-19-9-3-4-20(17,18)7-9/h8-10H,3-7H2,1-2H3,(H,13,14)(H,15,16). The molecule has 0 radical (unpaired) electrons. The Morgan fingerprint density at radius 2 is 2.05 bits per heavy atom. The van der Waals surface area contributed by atoms with Gasteiger partial charge in [-0.3, -0.25) is 9.59 Å². The maximum atomic E-state index is 11.6. The normalized spacial score (nSPS) is 22.6. The fraction of sp³-hybridized carbons (Fsp3) is 0.833. The molecule has 1 fully saturated rings. The van der Waals surface area contributed by atoms with E-state index in [-0.39, 0.29) is 40.9 Å². The molecule has 1 saturated heterocycles. The highest BCUT2D eigenvalue weighted by Gasteiger charge is 2.28. The van der Waals surface area contributed by atoms with E-state index >= 15 is 0 Å². The van der Waals surface area contributed by atoms with Crippen LogP contribution in [0, 0.1) is 11.8 Å². The lowest BCUT2D eigenvalue weighted by atomic mass is 9.96. The number of hydrogen-bond acceptors (Lipinski definition) is 5. The highest BCUT2D eigenvalue weighted by molar-refractivity contribution is 8.02. The van der Waals surface area contributed by atoms with E-state index in [1.165, 1.54) is 11.8 Å². The zero-order valence-corrected chi connectivity index (χ0v) is 13.3. The molecule has 1 rings (SSSR count). The fourth-order valence-electron chi connectivity index (χ4n) is 1.97. The lowest BCUT2D eigenvalue weighted by Gasteiger charge is -2.17. The Hall–Kier alpha value is -0.760. The largest absolute Gasteiger partial charge is 0.481 e. The number of rotatable bonds is 7. The monoisotopic (exact) mass is 323 g/mol. The first-order valence-electron chi connectivity index (χ1n) is 6.53. The first-order valence-corrected chi connectivity index (χ1v) is 9.40. The minimum atomic E-state index is -2.92. The molecule has 20 heavy (non-hydrogen) atoms. The number of amides is 1. The van der Waals surface area contributed by atoms with Crippen LogP contribution in [0.15, 0.2) is 0 Å². The van der Waals surface area contributed by atoms with E-state index in [2.05, 4.69) is 5.32 Å². The van der Waals surface area contributed by atoms with Crippen molar-refractivity contribution in [3.05, 3.63) is 0 Å². The molecule has 0 aromatic carbocycles. The molecule has 0 aromatic rings. The van der Waals surface area contributed by atoms with Gasteiger partial charge in [0.1, 0.15) is 0 Å². The van der Waals surface area contributed by atoms with Crippen molar-refractivity contribution in [3.63, 3.8) is 0 Å². The Kier molecular flexibility index (Phi) is 6.32. The van der Waals surface area contributed by atoms with Crippen molar-refractivity contribution >= 4 is 33.5 Å². The van der Waals surface area contributed by atoms with Gasteiger partial charge in [0, 0.05) is 11.8 Å². The summed E-state index contributed by atoms with van der Waals surface area (Å²) in [7, 11) is -2.92. The van der Waals surface area contributed by atoms with Crippen LogP contribution in [0.2, 0.25) is 0 Å². The quantitative estimate of drug-likeness (QED) is 0.702. The van der Waals surface area contributed by atoms with Crippen molar-refractivity contribution in [2.75, 3.05) is 23.8 Å². The van der Waals surface area contributed by atoms with Gasteiger partial charge in [-0.1, -0.05) is 13.8 Å². The zero-order valence-electron chi connectivity index (χ0n) is 11.7. The molecule has 6 nitrogen and oxygen atoms in total. The predicted molar refractivity (Wildman–Crippen MR) is 78.5 cm³/mol. The minimum absolute atomic E-state index is 0.0221. The van der Waals surface area contributed by atoms with Gasteiger partial charge >= 0.3 is 5.97 Å². The molecular weight excluding hydrogens is 302 g/mol. The Bertz CT molecular complexity index is 460. The van der Waals surface area contributed by atoms with Crippen molar-refractivity contribution in [1.82, 2.24) is 5.32 Å². The topological polar surface area (TPSA) is 101 Å². The first kappa shape index (κ1) is 17.3. The molecule has 8 heteroatoms. The molecule has 0 aromatic heterocycles. The number of carbonyl (C=O) groups excluding carboxylic acids is 1. The summed E-state index contributed by atoms with van der Waals surface area (Å²) in [6.45, 7) is 3.70. The third-order valence-electron chi connectivity index (χ3n) is 3.28. The molecule has 2 unspecified atom stereocenters. The molecule has 0 aliphatic carbocycles. The van der Waals surface area contributed by atoms with Gasteiger partial charge in [-0.25, -0.2) is 8.42 Å². The Morgan fingerprint density at radius 1 is 1.40 bits per heavy atom. The summed E-state index contributed by atoms with van der Waals surface area (Å²) in [6, 6.07) is 0. The van der Waals surface area contributed by atoms with Gasteiger partial charge in [0.25, 0.3) is 0 Å². The van der Waals surface area contributed by atoms with E-state index in [0.29, 0.717) is 6.42 Å². The van der Waals surface area contributed by atoms with Crippen molar-refractivity contribution in [1.29, 1.82) is 0 Å². The number of hydrogen-bond donors (Lipinski definition) is 2. The van der Waals surface area contributed by atoms with E-state index in [4.69, 9.17) is 5.11 Å². The highest BCUT2D eigenvalue weighted by atomic mass is 32.2. The lowest BCUT2D eigenvalue weighted by Crippen LogP contribution is -2.36. The number of carboxylic acid groups (broad SMARTS) is 1. The number of carbonyl (C=O) groups is 2. The molecule has 2 atom stereocenters. The molecular formula is C12H21NO5S2. The summed E-state index contributed by atoms with van der Waals surface area (Å²) >= 11 is 1.32. The van der Waals surface area contributed by atoms with Crippen LogP contribution in [0.4, 0.5) is 0 Å². The van der Waals surface area contributed by atoms with Gasteiger partial charge in [0.05, 0.1) is 23.2 Å². The maximum absolute atomic E-state index is 11.6. The Balaban J connectivity index is 2.29. The number of nitrogens with one attached hydrogen (secondary N) is 1. The van der Waals surface area contributed by atoms with Crippen LogP contribution in [0.5, 0.6) is 0 Å². The number of sulfone groups is 1. The molecule has 116 valence electrons. The second-order valence-electron chi connectivity index (χ2n) is 5.33. The molecule has 1 heterocycles. The van der Waals surface area contributed by atoms with Crippen molar-refractivity contribution < 1.29 is 23.1 Å². The minimum Gasteiger partial charge on any atom is -0.481 e. The zero-order chi connectivity index (χ0) is 15.3. The van der Waals surface area contributed by atoms with E-state index in [1.54, 1.807) is 13.8 Å². The second-order valence-corrected chi connectivity index (χ2v) is 8.85. The third-order valence-corrected chi connectivity index (χ3v) is 6.56. The third kappa shape index (κ3) is 5.70. The Labute approximate surface area is 123 Å². The van der Waals surface area contributed by atoms with Gasteiger partial charge in [-0.15, -0.1) is 11.8 Å². The van der Waals surface area contributed by atoms with Crippen LogP contribution in [0.25, 0.3) is 0 Å². The van der Waals surface area contributed by atoms with Gasteiger partial charge in [-0.05, 0) is 12.3 Å². The van der Waals surface area contributed by atoms with E-state index < -0.39 is 21.7 Å². The van der Waals surface area contributed by atoms with Crippen molar-refractivity contribution in [3.8, 4) is 0 Å². The molecule has 1 aliphatic heterocycles. The van der Waals surface area contributed by atoms with Gasteiger partial charge < -0.3 is 10.4 Å². The van der Waals surface area contributed by atoms with Crippen LogP contribution < -0.4 is 5.32 Å². The molecule has 1 aliphatic rings. The van der Waals surface area contributed by atoms with Crippen molar-refractivity contribution in [2.45, 2.75) is 25.5 Å². The van der Waals surface area contributed by atoms with Crippen LogP contribution in [-0.4, -0.2) is 54.5 Å². The van der Waals surface area contributed by atoms with Gasteiger partial charge in [0.15, 0.2) is 9.84 Å². The van der Waals surface area contributed by atoms with Gasteiger partial charge in [-0.2, -0.15) is 0 Å². The van der Waals surface area contributed by atoms with E-state index in [1.807, 2.05) is 0 Å². The summed E-state index contributed by atoms with van der Waals surface area (Å²) in [6.07, 6.45) is 0.587. The number of carboxylic acids is 1. The number of aliphatic carboxylic acids is 1. The predicted octanol–water partition coefficient (Wildman–Crippen LogP) is 0.380. The smallest absolute Gasteiger partial charge is 0.308 e. The lowest BCUT2D eigenvalue weighted by molar-refractivity contribution is -0.143. The SMILES string of the molecule is CC(C)C(CNC(=O)CSC1CCS(=O)(=O)C1)C(=O)O. The molecule has 0 saturated carbocycles. The summed E-state index contributed by atoms with van der Waals surface area (Å²) < 4.78 is 22.5. The summed E-state index contributed by atoms with van der Waals surface area (Å²) in [4.78, 5) is 22.6. The van der Waals surface area contributed by atoms with Crippen LogP contribution >= 0.6 is 11.8 Å². The molecule has 0 spiro atoms. The van der Waals surface area contributed by atoms with E-state index in [0.717, 1.165) is 0 Å². The summed E-state index contributed by atoms with van der Waals surface area (Å²) in [5, 5.41) is 11.6. The fourth-order valence-corrected chi connectivity index (χ4v) is 5.44. The summed E-state index contributed by atoms with van der Waals surface area (Å²) in [5.41, 5.74) is 0.